The molecule has 0 bridgehead atoms. The third-order valence-corrected chi connectivity index (χ3v) is 4.89. The monoisotopic (exact) mass is 364 g/mol. The minimum absolute atomic E-state index is 0.151. The standard InChI is InChI=1S/C20H20N4O3/c1-23-10-14-4-3-12(7-15(14)11-23)9-24(2)20(27)13-5-6-16-17(8-13)22-19(26)18(25)21-16/h3-8H,9-11H2,1-2H3,(H,21,25)(H,22,26). The predicted octanol–water partition coefficient (Wildman–Crippen LogP) is 1.43. The van der Waals surface area contributed by atoms with Gasteiger partial charge in [0.2, 0.25) is 0 Å². The van der Waals surface area contributed by atoms with Crippen molar-refractivity contribution in [1.29, 1.82) is 0 Å². The highest BCUT2D eigenvalue weighted by Gasteiger charge is 2.17. The molecule has 1 aromatic heterocycles. The van der Waals surface area contributed by atoms with Gasteiger partial charge in [0.1, 0.15) is 0 Å². The summed E-state index contributed by atoms with van der Waals surface area (Å²) >= 11 is 0. The van der Waals surface area contributed by atoms with Crippen molar-refractivity contribution in [2.45, 2.75) is 19.6 Å². The highest BCUT2D eigenvalue weighted by Crippen LogP contribution is 2.23. The number of benzene rings is 2. The van der Waals surface area contributed by atoms with Crippen LogP contribution in [0, 0.1) is 0 Å². The molecule has 7 heteroatoms. The first-order valence-electron chi connectivity index (χ1n) is 8.72. The van der Waals surface area contributed by atoms with Crippen LogP contribution in [0.4, 0.5) is 0 Å². The number of hydrogen-bond donors (Lipinski definition) is 2. The second-order valence-corrected chi connectivity index (χ2v) is 7.11. The lowest BCUT2D eigenvalue weighted by Crippen LogP contribution is -2.29. The van der Waals surface area contributed by atoms with Gasteiger partial charge in [0.25, 0.3) is 5.91 Å². The molecule has 0 unspecified atom stereocenters. The maximum Gasteiger partial charge on any atom is 0.314 e. The van der Waals surface area contributed by atoms with E-state index in [1.54, 1.807) is 30.1 Å². The normalized spacial score (nSPS) is 13.7. The molecule has 0 saturated heterocycles. The topological polar surface area (TPSA) is 89.3 Å². The molecule has 1 amide bonds. The second-order valence-electron chi connectivity index (χ2n) is 7.11. The molecule has 0 spiro atoms. The molecule has 2 aromatic carbocycles. The van der Waals surface area contributed by atoms with Crippen molar-refractivity contribution >= 4 is 16.9 Å². The molecular formula is C20H20N4O3. The summed E-state index contributed by atoms with van der Waals surface area (Å²) in [5.41, 5.74) is 3.66. The van der Waals surface area contributed by atoms with E-state index in [1.165, 1.54) is 11.1 Å². The SMILES string of the molecule is CN1Cc2ccc(CN(C)C(=O)c3ccc4[nH]c(=O)c(=O)[nH]c4c3)cc2C1. The Morgan fingerprint density at radius 1 is 1.00 bits per heavy atom. The van der Waals surface area contributed by atoms with E-state index in [9.17, 15) is 14.4 Å². The molecule has 2 N–H and O–H groups in total. The lowest BCUT2D eigenvalue weighted by Gasteiger charge is -2.18. The fourth-order valence-electron chi connectivity index (χ4n) is 3.53. The summed E-state index contributed by atoms with van der Waals surface area (Å²) in [6.45, 7) is 2.38. The minimum Gasteiger partial charge on any atom is -0.337 e. The van der Waals surface area contributed by atoms with Crippen molar-refractivity contribution in [3.05, 3.63) is 79.4 Å². The second kappa shape index (κ2) is 6.51. The lowest BCUT2D eigenvalue weighted by molar-refractivity contribution is 0.0785. The fourth-order valence-corrected chi connectivity index (χ4v) is 3.53. The maximum atomic E-state index is 12.8. The molecule has 0 saturated carbocycles. The molecule has 138 valence electrons. The van der Waals surface area contributed by atoms with E-state index in [0.29, 0.717) is 23.1 Å². The molecule has 0 fully saturated rings. The molecule has 7 nitrogen and oxygen atoms in total. The Hall–Kier alpha value is -3.19. The highest BCUT2D eigenvalue weighted by atomic mass is 16.2. The molecule has 1 aliphatic heterocycles. The van der Waals surface area contributed by atoms with Crippen molar-refractivity contribution in [3.8, 4) is 0 Å². The number of H-pyrrole nitrogens is 2. The minimum atomic E-state index is -0.733. The summed E-state index contributed by atoms with van der Waals surface area (Å²) < 4.78 is 0. The van der Waals surface area contributed by atoms with Crippen LogP contribution in [0.5, 0.6) is 0 Å². The smallest absolute Gasteiger partial charge is 0.314 e. The number of fused-ring (bicyclic) bond motifs is 2. The molecule has 27 heavy (non-hydrogen) atoms. The van der Waals surface area contributed by atoms with Gasteiger partial charge in [-0.05, 0) is 41.9 Å². The van der Waals surface area contributed by atoms with E-state index in [0.717, 1.165) is 18.7 Å². The van der Waals surface area contributed by atoms with Crippen molar-refractivity contribution in [2.24, 2.45) is 0 Å². The summed E-state index contributed by atoms with van der Waals surface area (Å²) in [6.07, 6.45) is 0. The van der Waals surface area contributed by atoms with Crippen LogP contribution in [0.15, 0.2) is 46.0 Å². The fraction of sp³-hybridized carbons (Fsp3) is 0.250. The van der Waals surface area contributed by atoms with Crippen LogP contribution in [-0.2, 0) is 19.6 Å². The Labute approximate surface area is 155 Å². The van der Waals surface area contributed by atoms with Crippen molar-refractivity contribution in [2.75, 3.05) is 14.1 Å². The Balaban J connectivity index is 1.56. The Morgan fingerprint density at radius 3 is 2.48 bits per heavy atom. The van der Waals surface area contributed by atoms with Crippen LogP contribution in [-0.4, -0.2) is 39.8 Å². The number of nitrogens with one attached hydrogen (secondary N) is 2. The van der Waals surface area contributed by atoms with E-state index < -0.39 is 11.1 Å². The quantitative estimate of drug-likeness (QED) is 0.688. The summed E-state index contributed by atoms with van der Waals surface area (Å²) in [5.74, 6) is -0.151. The van der Waals surface area contributed by atoms with Gasteiger partial charge >= 0.3 is 11.1 Å². The molecule has 0 aliphatic carbocycles. The van der Waals surface area contributed by atoms with Gasteiger partial charge in [-0.25, -0.2) is 0 Å². The number of nitrogens with zero attached hydrogens (tertiary/aromatic N) is 2. The molecule has 1 aliphatic rings. The summed E-state index contributed by atoms with van der Waals surface area (Å²) in [5, 5.41) is 0. The van der Waals surface area contributed by atoms with Gasteiger partial charge in [-0.15, -0.1) is 0 Å². The number of carbonyl (C=O) groups is 1. The zero-order valence-corrected chi connectivity index (χ0v) is 15.2. The predicted molar refractivity (Wildman–Crippen MR) is 103 cm³/mol. The Kier molecular flexibility index (Phi) is 4.16. The third-order valence-electron chi connectivity index (χ3n) is 4.89. The number of aromatic nitrogens is 2. The molecule has 0 atom stereocenters. The van der Waals surface area contributed by atoms with Gasteiger partial charge < -0.3 is 14.9 Å². The molecule has 2 heterocycles. The van der Waals surface area contributed by atoms with Gasteiger partial charge in [0.05, 0.1) is 11.0 Å². The van der Waals surface area contributed by atoms with Crippen LogP contribution in [0.3, 0.4) is 0 Å². The summed E-state index contributed by atoms with van der Waals surface area (Å²) in [4.78, 5) is 44.6. The number of amides is 1. The van der Waals surface area contributed by atoms with Crippen LogP contribution >= 0.6 is 0 Å². The molecule has 0 radical (unpaired) electrons. The zero-order valence-electron chi connectivity index (χ0n) is 15.2. The van der Waals surface area contributed by atoms with Gasteiger partial charge in [-0.2, -0.15) is 0 Å². The lowest BCUT2D eigenvalue weighted by atomic mass is 10.1. The molecule has 3 aromatic rings. The summed E-state index contributed by atoms with van der Waals surface area (Å²) in [7, 11) is 3.84. The Morgan fingerprint density at radius 2 is 1.70 bits per heavy atom. The van der Waals surface area contributed by atoms with E-state index in [-0.39, 0.29) is 5.91 Å². The first-order valence-corrected chi connectivity index (χ1v) is 8.72. The number of rotatable bonds is 3. The Bertz CT molecular complexity index is 1160. The average Bonchev–Trinajstić information content (AvgIpc) is 3.01. The largest absolute Gasteiger partial charge is 0.337 e. The van der Waals surface area contributed by atoms with Gasteiger partial charge in [-0.3, -0.25) is 19.3 Å². The van der Waals surface area contributed by atoms with E-state index >= 15 is 0 Å². The van der Waals surface area contributed by atoms with Gasteiger partial charge in [0.15, 0.2) is 0 Å². The van der Waals surface area contributed by atoms with Crippen LogP contribution in [0.25, 0.3) is 11.0 Å². The van der Waals surface area contributed by atoms with Crippen LogP contribution < -0.4 is 11.1 Å². The molecular weight excluding hydrogens is 344 g/mol. The highest BCUT2D eigenvalue weighted by molar-refractivity contribution is 5.97. The number of carbonyl (C=O) groups excluding carboxylic acids is 1. The van der Waals surface area contributed by atoms with E-state index in [1.807, 2.05) is 0 Å². The van der Waals surface area contributed by atoms with Gasteiger partial charge in [-0.1, -0.05) is 18.2 Å². The van der Waals surface area contributed by atoms with E-state index in [2.05, 4.69) is 40.1 Å². The third kappa shape index (κ3) is 3.29. The maximum absolute atomic E-state index is 12.8. The zero-order chi connectivity index (χ0) is 19.1. The van der Waals surface area contributed by atoms with Crippen molar-refractivity contribution < 1.29 is 4.79 Å². The first kappa shape index (κ1) is 17.2. The van der Waals surface area contributed by atoms with Crippen molar-refractivity contribution in [3.63, 3.8) is 0 Å². The number of hydrogen-bond acceptors (Lipinski definition) is 4. The van der Waals surface area contributed by atoms with Crippen LogP contribution in [0.1, 0.15) is 27.0 Å². The first-order chi connectivity index (χ1) is 12.9. The van der Waals surface area contributed by atoms with E-state index in [4.69, 9.17) is 0 Å². The molecule has 4 rings (SSSR count). The average molecular weight is 364 g/mol. The van der Waals surface area contributed by atoms with Crippen molar-refractivity contribution in [1.82, 2.24) is 19.8 Å². The summed E-state index contributed by atoms with van der Waals surface area (Å²) in [6, 6.07) is 11.2. The van der Waals surface area contributed by atoms with Gasteiger partial charge in [0, 0.05) is 32.2 Å². The number of aromatic amines is 2. The van der Waals surface area contributed by atoms with Crippen LogP contribution in [0.2, 0.25) is 0 Å².